The van der Waals surface area contributed by atoms with Crippen LogP contribution in [0, 0.1) is 5.92 Å². The van der Waals surface area contributed by atoms with Crippen molar-refractivity contribution >= 4 is 5.97 Å². The maximum atomic E-state index is 11.7. The molecule has 0 aromatic heterocycles. The normalized spacial score (nSPS) is 23.9. The Morgan fingerprint density at radius 2 is 1.78 bits per heavy atom. The number of hydrogen-bond donors (Lipinski definition) is 1. The molecule has 0 bridgehead atoms. The molecule has 0 aromatic carbocycles. The summed E-state index contributed by atoms with van der Waals surface area (Å²) in [5.41, 5.74) is 0. The highest BCUT2D eigenvalue weighted by molar-refractivity contribution is 5.73. The lowest BCUT2D eigenvalue weighted by atomic mass is 9.87. The molecule has 1 fully saturated rings. The summed E-state index contributed by atoms with van der Waals surface area (Å²) in [4.78, 5) is 11.7. The highest BCUT2D eigenvalue weighted by atomic mass is 16.6. The van der Waals surface area contributed by atoms with Crippen LogP contribution in [0.25, 0.3) is 0 Å². The lowest BCUT2D eigenvalue weighted by Crippen LogP contribution is -2.33. The molecule has 1 saturated carbocycles. The van der Waals surface area contributed by atoms with Gasteiger partial charge in [0.05, 0.1) is 31.8 Å². The van der Waals surface area contributed by atoms with Crippen LogP contribution < -0.4 is 0 Å². The predicted molar refractivity (Wildman–Crippen MR) is 66.2 cm³/mol. The van der Waals surface area contributed by atoms with Gasteiger partial charge >= 0.3 is 5.97 Å². The fraction of sp³-hybridized carbons (Fsp3) is 0.923. The number of hydrogen-bond acceptors (Lipinski definition) is 5. The van der Waals surface area contributed by atoms with E-state index in [0.717, 1.165) is 19.3 Å². The van der Waals surface area contributed by atoms with E-state index in [9.17, 15) is 9.90 Å². The zero-order valence-electron chi connectivity index (χ0n) is 11.1. The van der Waals surface area contributed by atoms with Crippen LogP contribution in [0.4, 0.5) is 0 Å². The molecule has 0 amide bonds. The molecule has 0 aromatic rings. The highest BCUT2D eigenvalue weighted by Crippen LogP contribution is 2.25. The van der Waals surface area contributed by atoms with Crippen molar-refractivity contribution in [3.63, 3.8) is 0 Å². The van der Waals surface area contributed by atoms with Crippen molar-refractivity contribution in [2.45, 2.75) is 38.7 Å². The molecule has 2 unspecified atom stereocenters. The molecule has 0 heterocycles. The van der Waals surface area contributed by atoms with E-state index >= 15 is 0 Å². The van der Waals surface area contributed by atoms with Crippen LogP contribution in [0.3, 0.4) is 0 Å². The molecule has 2 atom stereocenters. The number of carbonyl (C=O) groups excluding carboxylic acids is 1. The molecular weight excluding hydrogens is 236 g/mol. The monoisotopic (exact) mass is 260 g/mol. The van der Waals surface area contributed by atoms with E-state index in [1.54, 1.807) is 0 Å². The van der Waals surface area contributed by atoms with Crippen LogP contribution in [0.2, 0.25) is 0 Å². The first-order chi connectivity index (χ1) is 8.75. The summed E-state index contributed by atoms with van der Waals surface area (Å²) >= 11 is 0. The second-order valence-corrected chi connectivity index (χ2v) is 4.44. The maximum Gasteiger partial charge on any atom is 0.311 e. The summed E-state index contributed by atoms with van der Waals surface area (Å²) < 4.78 is 15.4. The predicted octanol–water partition coefficient (Wildman–Crippen LogP) is 1.13. The van der Waals surface area contributed by atoms with Crippen molar-refractivity contribution in [1.82, 2.24) is 0 Å². The standard InChI is InChI=1S/C13H24O5/c1-2-16-7-8-17-9-10-18-13(15)11-5-3-4-6-12(11)14/h11-12,14H,2-10H2,1H3. The number of carbonyl (C=O) groups is 1. The van der Waals surface area contributed by atoms with Gasteiger partial charge in [0.1, 0.15) is 6.61 Å². The Bertz CT molecular complexity index is 231. The number of rotatable bonds is 8. The third kappa shape index (κ3) is 5.80. The van der Waals surface area contributed by atoms with E-state index in [-0.39, 0.29) is 18.5 Å². The minimum absolute atomic E-state index is 0.244. The van der Waals surface area contributed by atoms with E-state index < -0.39 is 6.10 Å². The van der Waals surface area contributed by atoms with Crippen molar-refractivity contribution in [3.8, 4) is 0 Å². The van der Waals surface area contributed by atoms with E-state index in [4.69, 9.17) is 14.2 Å². The summed E-state index contributed by atoms with van der Waals surface area (Å²) in [5.74, 6) is -0.641. The SMILES string of the molecule is CCOCCOCCOC(=O)C1CCCCC1O. The third-order valence-corrected chi connectivity index (χ3v) is 3.08. The number of ether oxygens (including phenoxy) is 3. The summed E-state index contributed by atoms with van der Waals surface area (Å²) in [6.45, 7) is 4.30. The summed E-state index contributed by atoms with van der Waals surface area (Å²) in [5, 5.41) is 9.69. The number of aliphatic hydroxyl groups excluding tert-OH is 1. The van der Waals surface area contributed by atoms with Crippen LogP contribution >= 0.6 is 0 Å². The Morgan fingerprint density at radius 3 is 2.50 bits per heavy atom. The second-order valence-electron chi connectivity index (χ2n) is 4.44. The quantitative estimate of drug-likeness (QED) is 0.523. The molecule has 1 aliphatic rings. The van der Waals surface area contributed by atoms with Crippen molar-refractivity contribution < 1.29 is 24.1 Å². The molecule has 1 N–H and O–H groups in total. The van der Waals surface area contributed by atoms with Gasteiger partial charge in [0, 0.05) is 6.61 Å². The largest absolute Gasteiger partial charge is 0.463 e. The summed E-state index contributed by atoms with van der Waals surface area (Å²) in [6.07, 6.45) is 2.87. The smallest absolute Gasteiger partial charge is 0.311 e. The molecule has 0 aliphatic heterocycles. The van der Waals surface area contributed by atoms with Crippen molar-refractivity contribution in [2.75, 3.05) is 33.0 Å². The Labute approximate surface area is 108 Å². The van der Waals surface area contributed by atoms with Gasteiger partial charge < -0.3 is 19.3 Å². The molecule has 0 saturated heterocycles. The lowest BCUT2D eigenvalue weighted by molar-refractivity contribution is -0.155. The van der Waals surface area contributed by atoms with Gasteiger partial charge in [0.25, 0.3) is 0 Å². The van der Waals surface area contributed by atoms with Crippen molar-refractivity contribution in [3.05, 3.63) is 0 Å². The van der Waals surface area contributed by atoms with Gasteiger partial charge in [-0.25, -0.2) is 0 Å². The minimum atomic E-state index is -0.537. The third-order valence-electron chi connectivity index (χ3n) is 3.08. The van der Waals surface area contributed by atoms with Crippen molar-refractivity contribution in [2.24, 2.45) is 5.92 Å². The van der Waals surface area contributed by atoms with Crippen LogP contribution in [-0.2, 0) is 19.0 Å². The Hall–Kier alpha value is -0.650. The average Bonchev–Trinajstić information content (AvgIpc) is 2.38. The van der Waals surface area contributed by atoms with Gasteiger partial charge in [-0.05, 0) is 19.8 Å². The van der Waals surface area contributed by atoms with Gasteiger partial charge in [-0.15, -0.1) is 0 Å². The zero-order valence-corrected chi connectivity index (χ0v) is 11.1. The fourth-order valence-electron chi connectivity index (χ4n) is 2.06. The summed E-state index contributed by atoms with van der Waals surface area (Å²) in [6, 6.07) is 0. The molecule has 1 rings (SSSR count). The molecule has 5 nitrogen and oxygen atoms in total. The topological polar surface area (TPSA) is 65.0 Å². The van der Waals surface area contributed by atoms with Gasteiger partial charge in [-0.3, -0.25) is 4.79 Å². The molecule has 5 heteroatoms. The van der Waals surface area contributed by atoms with Gasteiger partial charge in [-0.1, -0.05) is 12.8 Å². The Morgan fingerprint density at radius 1 is 1.11 bits per heavy atom. The molecule has 1 aliphatic carbocycles. The lowest BCUT2D eigenvalue weighted by Gasteiger charge is -2.25. The molecule has 18 heavy (non-hydrogen) atoms. The molecular formula is C13H24O5. The zero-order chi connectivity index (χ0) is 13.2. The van der Waals surface area contributed by atoms with E-state index in [2.05, 4.69) is 0 Å². The minimum Gasteiger partial charge on any atom is -0.463 e. The summed E-state index contributed by atoms with van der Waals surface area (Å²) in [7, 11) is 0. The van der Waals surface area contributed by atoms with Gasteiger partial charge in [0.15, 0.2) is 0 Å². The van der Waals surface area contributed by atoms with Crippen LogP contribution in [0.15, 0.2) is 0 Å². The van der Waals surface area contributed by atoms with Gasteiger partial charge in [0.2, 0.25) is 0 Å². The average molecular weight is 260 g/mol. The van der Waals surface area contributed by atoms with E-state index in [1.807, 2.05) is 6.92 Å². The Kier molecular flexibility index (Phi) is 7.96. The first kappa shape index (κ1) is 15.4. The van der Waals surface area contributed by atoms with E-state index in [1.165, 1.54) is 0 Å². The highest BCUT2D eigenvalue weighted by Gasteiger charge is 2.30. The van der Waals surface area contributed by atoms with Crippen LogP contribution in [-0.4, -0.2) is 50.2 Å². The second kappa shape index (κ2) is 9.30. The molecule has 106 valence electrons. The Balaban J connectivity index is 2.02. The fourth-order valence-corrected chi connectivity index (χ4v) is 2.06. The first-order valence-corrected chi connectivity index (χ1v) is 6.76. The maximum absolute atomic E-state index is 11.7. The van der Waals surface area contributed by atoms with Crippen LogP contribution in [0.5, 0.6) is 0 Å². The van der Waals surface area contributed by atoms with Crippen molar-refractivity contribution in [1.29, 1.82) is 0 Å². The molecule has 0 radical (unpaired) electrons. The number of esters is 1. The number of aliphatic hydroxyl groups is 1. The molecule has 0 spiro atoms. The van der Waals surface area contributed by atoms with Gasteiger partial charge in [-0.2, -0.15) is 0 Å². The van der Waals surface area contributed by atoms with Crippen LogP contribution in [0.1, 0.15) is 32.6 Å². The first-order valence-electron chi connectivity index (χ1n) is 6.76. The van der Waals surface area contributed by atoms with E-state index in [0.29, 0.717) is 32.8 Å².